The van der Waals surface area contributed by atoms with E-state index in [1.54, 1.807) is 0 Å². The number of thiazole rings is 1. The number of aliphatic hydroxyl groups is 1. The second-order valence-electron chi connectivity index (χ2n) is 4.02. The Morgan fingerprint density at radius 1 is 1.75 bits per heavy atom. The van der Waals surface area contributed by atoms with Gasteiger partial charge in [0.2, 0.25) is 0 Å². The average molecular weight is 243 g/mol. The molecular formula is C9H13N3O3S. The quantitative estimate of drug-likeness (QED) is 0.624. The SMILES string of the molecule is CC1CN(c2ncc([N+](=O)[O-])s2)CCC1O. The van der Waals surface area contributed by atoms with Crippen molar-refractivity contribution in [3.05, 3.63) is 16.3 Å². The number of nitrogens with zero attached hydrogens (tertiary/aromatic N) is 3. The van der Waals surface area contributed by atoms with Crippen molar-refractivity contribution in [3.63, 3.8) is 0 Å². The Kier molecular flexibility index (Phi) is 3.06. The van der Waals surface area contributed by atoms with Gasteiger partial charge in [-0.25, -0.2) is 4.98 Å². The van der Waals surface area contributed by atoms with Gasteiger partial charge in [-0.05, 0) is 23.7 Å². The first kappa shape index (κ1) is 11.3. The molecule has 2 rings (SSSR count). The molecular weight excluding hydrogens is 230 g/mol. The van der Waals surface area contributed by atoms with E-state index in [1.165, 1.54) is 6.20 Å². The molecule has 0 amide bonds. The van der Waals surface area contributed by atoms with Gasteiger partial charge in [-0.15, -0.1) is 0 Å². The van der Waals surface area contributed by atoms with Crippen LogP contribution >= 0.6 is 11.3 Å². The second-order valence-corrected chi connectivity index (χ2v) is 5.01. The summed E-state index contributed by atoms with van der Waals surface area (Å²) in [5.41, 5.74) is 0. The molecule has 0 bridgehead atoms. The van der Waals surface area contributed by atoms with E-state index >= 15 is 0 Å². The summed E-state index contributed by atoms with van der Waals surface area (Å²) in [6, 6.07) is 0. The fourth-order valence-corrected chi connectivity index (χ4v) is 2.56. The molecule has 0 aliphatic carbocycles. The number of aliphatic hydroxyl groups excluding tert-OH is 1. The number of hydrogen-bond donors (Lipinski definition) is 1. The lowest BCUT2D eigenvalue weighted by Crippen LogP contribution is -2.41. The normalized spacial score (nSPS) is 25.8. The summed E-state index contributed by atoms with van der Waals surface area (Å²) in [5.74, 6) is 0.178. The van der Waals surface area contributed by atoms with Crippen molar-refractivity contribution < 1.29 is 10.0 Å². The molecule has 2 unspecified atom stereocenters. The van der Waals surface area contributed by atoms with Crippen molar-refractivity contribution in [1.82, 2.24) is 4.98 Å². The number of piperidine rings is 1. The van der Waals surface area contributed by atoms with Gasteiger partial charge < -0.3 is 10.0 Å². The number of anilines is 1. The minimum Gasteiger partial charge on any atom is -0.393 e. The lowest BCUT2D eigenvalue weighted by molar-refractivity contribution is -0.380. The van der Waals surface area contributed by atoms with Crippen LogP contribution in [0.1, 0.15) is 13.3 Å². The van der Waals surface area contributed by atoms with E-state index in [2.05, 4.69) is 4.98 Å². The van der Waals surface area contributed by atoms with Gasteiger partial charge in [0.1, 0.15) is 6.20 Å². The summed E-state index contributed by atoms with van der Waals surface area (Å²) >= 11 is 1.08. The molecule has 2 atom stereocenters. The van der Waals surface area contributed by atoms with Crippen LogP contribution in [0.15, 0.2) is 6.20 Å². The largest absolute Gasteiger partial charge is 0.393 e. The van der Waals surface area contributed by atoms with Gasteiger partial charge >= 0.3 is 5.00 Å². The maximum atomic E-state index is 10.5. The molecule has 2 heterocycles. The predicted octanol–water partition coefficient (Wildman–Crippen LogP) is 1.26. The minimum atomic E-state index is -0.427. The Bertz CT molecular complexity index is 395. The molecule has 1 saturated heterocycles. The van der Waals surface area contributed by atoms with Gasteiger partial charge in [0.15, 0.2) is 5.13 Å². The Balaban J connectivity index is 2.09. The Hall–Kier alpha value is -1.21. The molecule has 0 saturated carbocycles. The Labute approximate surface area is 96.7 Å². The zero-order valence-corrected chi connectivity index (χ0v) is 9.68. The van der Waals surface area contributed by atoms with Crippen LogP contribution in [0.5, 0.6) is 0 Å². The molecule has 88 valence electrons. The molecule has 1 aliphatic rings. The summed E-state index contributed by atoms with van der Waals surface area (Å²) in [6.07, 6.45) is 1.70. The first-order valence-electron chi connectivity index (χ1n) is 5.11. The lowest BCUT2D eigenvalue weighted by Gasteiger charge is -2.33. The third kappa shape index (κ3) is 2.14. The monoisotopic (exact) mass is 243 g/mol. The molecule has 1 N–H and O–H groups in total. The van der Waals surface area contributed by atoms with Crippen LogP contribution in [-0.4, -0.2) is 34.2 Å². The number of hydrogen-bond acceptors (Lipinski definition) is 6. The third-order valence-corrected chi connectivity index (χ3v) is 3.80. The highest BCUT2D eigenvalue weighted by Crippen LogP contribution is 2.31. The van der Waals surface area contributed by atoms with Crippen LogP contribution < -0.4 is 4.90 Å². The smallest absolute Gasteiger partial charge is 0.345 e. The topological polar surface area (TPSA) is 79.5 Å². The van der Waals surface area contributed by atoms with Crippen molar-refractivity contribution in [2.75, 3.05) is 18.0 Å². The van der Waals surface area contributed by atoms with Crippen LogP contribution in [0, 0.1) is 16.0 Å². The molecule has 1 fully saturated rings. The molecule has 0 spiro atoms. The fraction of sp³-hybridized carbons (Fsp3) is 0.667. The van der Waals surface area contributed by atoms with Crippen LogP contribution in [0.2, 0.25) is 0 Å². The number of rotatable bonds is 2. The van der Waals surface area contributed by atoms with Gasteiger partial charge in [-0.3, -0.25) is 10.1 Å². The molecule has 16 heavy (non-hydrogen) atoms. The highest BCUT2D eigenvalue weighted by atomic mass is 32.1. The van der Waals surface area contributed by atoms with Crippen LogP contribution in [-0.2, 0) is 0 Å². The maximum Gasteiger partial charge on any atom is 0.345 e. The summed E-state index contributed by atoms with van der Waals surface area (Å²) in [5, 5.41) is 20.9. The van der Waals surface area contributed by atoms with Crippen molar-refractivity contribution >= 4 is 21.5 Å². The first-order chi connectivity index (χ1) is 7.58. The zero-order valence-electron chi connectivity index (χ0n) is 8.87. The molecule has 0 aromatic carbocycles. The average Bonchev–Trinajstić information content (AvgIpc) is 2.71. The van der Waals surface area contributed by atoms with Gasteiger partial charge in [0, 0.05) is 13.1 Å². The minimum absolute atomic E-state index is 0.0637. The van der Waals surface area contributed by atoms with Gasteiger partial charge in [0.25, 0.3) is 0 Å². The molecule has 7 heteroatoms. The van der Waals surface area contributed by atoms with Crippen molar-refractivity contribution in [2.45, 2.75) is 19.4 Å². The number of nitro groups is 1. The van der Waals surface area contributed by atoms with Crippen LogP contribution in [0.3, 0.4) is 0 Å². The Morgan fingerprint density at radius 2 is 2.50 bits per heavy atom. The van der Waals surface area contributed by atoms with E-state index in [1.807, 2.05) is 11.8 Å². The highest BCUT2D eigenvalue weighted by molar-refractivity contribution is 7.18. The summed E-state index contributed by atoms with van der Waals surface area (Å²) < 4.78 is 0. The van der Waals surface area contributed by atoms with E-state index in [-0.39, 0.29) is 17.0 Å². The van der Waals surface area contributed by atoms with E-state index in [9.17, 15) is 15.2 Å². The van der Waals surface area contributed by atoms with Crippen molar-refractivity contribution in [1.29, 1.82) is 0 Å². The van der Waals surface area contributed by atoms with E-state index in [0.717, 1.165) is 11.3 Å². The Morgan fingerprint density at radius 3 is 3.06 bits per heavy atom. The summed E-state index contributed by atoms with van der Waals surface area (Å²) in [7, 11) is 0. The standard InChI is InChI=1S/C9H13N3O3S/c1-6-5-11(3-2-7(6)13)9-10-4-8(16-9)12(14)15/h4,6-7,13H,2-3,5H2,1H3. The summed E-state index contributed by atoms with van der Waals surface area (Å²) in [4.78, 5) is 16.1. The van der Waals surface area contributed by atoms with Gasteiger partial charge in [-0.2, -0.15) is 0 Å². The maximum absolute atomic E-state index is 10.5. The molecule has 0 radical (unpaired) electrons. The summed E-state index contributed by atoms with van der Waals surface area (Å²) in [6.45, 7) is 3.38. The third-order valence-electron chi connectivity index (χ3n) is 2.79. The second kappa shape index (κ2) is 4.34. The molecule has 1 aliphatic heterocycles. The van der Waals surface area contributed by atoms with Crippen molar-refractivity contribution in [3.8, 4) is 0 Å². The fourth-order valence-electron chi connectivity index (χ4n) is 1.79. The zero-order chi connectivity index (χ0) is 11.7. The lowest BCUT2D eigenvalue weighted by atomic mass is 9.97. The van der Waals surface area contributed by atoms with Crippen LogP contribution in [0.25, 0.3) is 0 Å². The van der Waals surface area contributed by atoms with E-state index in [4.69, 9.17) is 0 Å². The molecule has 6 nitrogen and oxygen atoms in total. The van der Waals surface area contributed by atoms with Crippen LogP contribution in [0.4, 0.5) is 10.1 Å². The first-order valence-corrected chi connectivity index (χ1v) is 5.93. The van der Waals surface area contributed by atoms with Gasteiger partial charge in [0.05, 0.1) is 11.0 Å². The predicted molar refractivity (Wildman–Crippen MR) is 60.8 cm³/mol. The molecule has 1 aromatic rings. The van der Waals surface area contributed by atoms with E-state index < -0.39 is 4.92 Å². The van der Waals surface area contributed by atoms with E-state index in [0.29, 0.717) is 24.6 Å². The number of aromatic nitrogens is 1. The highest BCUT2D eigenvalue weighted by Gasteiger charge is 2.26. The van der Waals surface area contributed by atoms with Gasteiger partial charge in [-0.1, -0.05) is 6.92 Å². The molecule has 1 aromatic heterocycles. The van der Waals surface area contributed by atoms with Crippen molar-refractivity contribution in [2.24, 2.45) is 5.92 Å².